The molecule has 3 fully saturated rings. The van der Waals surface area contributed by atoms with Gasteiger partial charge in [0.05, 0.1) is 0 Å². The first kappa shape index (κ1) is 14.2. The molecule has 1 amide bonds. The van der Waals surface area contributed by atoms with Crippen molar-refractivity contribution in [1.82, 2.24) is 14.9 Å². The van der Waals surface area contributed by atoms with Gasteiger partial charge in [0, 0.05) is 43.6 Å². The number of piperidine rings is 1. The van der Waals surface area contributed by atoms with Gasteiger partial charge in [0.1, 0.15) is 16.8 Å². The van der Waals surface area contributed by atoms with Crippen LogP contribution in [0.15, 0.2) is 6.07 Å². The molecular weight excluding hydrogens is 300 g/mol. The number of anilines is 1. The van der Waals surface area contributed by atoms with Gasteiger partial charge in [-0.25, -0.2) is 9.97 Å². The first-order valence-corrected chi connectivity index (χ1v) is 8.47. The van der Waals surface area contributed by atoms with Gasteiger partial charge in [-0.2, -0.15) is 0 Å². The van der Waals surface area contributed by atoms with E-state index in [4.69, 9.17) is 11.6 Å². The predicted molar refractivity (Wildman–Crippen MR) is 85.0 cm³/mol. The molecule has 0 aromatic carbocycles. The van der Waals surface area contributed by atoms with Crippen molar-refractivity contribution in [3.63, 3.8) is 0 Å². The summed E-state index contributed by atoms with van der Waals surface area (Å²) in [5.74, 6) is 2.38. The van der Waals surface area contributed by atoms with Crippen molar-refractivity contribution in [1.29, 1.82) is 0 Å². The van der Waals surface area contributed by atoms with Crippen LogP contribution in [0.5, 0.6) is 0 Å². The zero-order chi connectivity index (χ0) is 15.3. The molecule has 1 saturated carbocycles. The van der Waals surface area contributed by atoms with E-state index in [2.05, 4.69) is 19.8 Å². The molecule has 6 heteroatoms. The smallest absolute Gasteiger partial charge is 0.225 e. The second kappa shape index (κ2) is 5.08. The standard InChI is InChI=1S/C16H21ClN4O/c1-11-18-13(17)8-14(19-11)21-9-16(10-21)4-6-20(7-5-16)15(22)12-2-3-12/h8,12H,2-7,9-10H2,1H3. The van der Waals surface area contributed by atoms with E-state index < -0.39 is 0 Å². The second-order valence-corrected chi connectivity index (χ2v) is 7.44. The van der Waals surface area contributed by atoms with Gasteiger partial charge in [-0.15, -0.1) is 0 Å². The summed E-state index contributed by atoms with van der Waals surface area (Å²) in [5.41, 5.74) is 0.367. The van der Waals surface area contributed by atoms with E-state index in [-0.39, 0.29) is 0 Å². The molecule has 0 bridgehead atoms. The molecule has 5 nitrogen and oxygen atoms in total. The fourth-order valence-corrected chi connectivity index (χ4v) is 3.93. The average Bonchev–Trinajstić information content (AvgIpc) is 3.27. The summed E-state index contributed by atoms with van der Waals surface area (Å²) >= 11 is 6.02. The van der Waals surface area contributed by atoms with Crippen LogP contribution in [0.1, 0.15) is 31.5 Å². The van der Waals surface area contributed by atoms with E-state index in [0.29, 0.717) is 28.2 Å². The molecule has 1 aliphatic carbocycles. The topological polar surface area (TPSA) is 49.3 Å². The first-order valence-electron chi connectivity index (χ1n) is 8.10. The van der Waals surface area contributed by atoms with Gasteiger partial charge in [0.15, 0.2) is 0 Å². The number of hydrogen-bond donors (Lipinski definition) is 0. The van der Waals surface area contributed by atoms with Gasteiger partial charge in [-0.1, -0.05) is 11.6 Å². The Bertz CT molecular complexity index is 580. The Balaban J connectivity index is 1.36. The average molecular weight is 321 g/mol. The molecule has 2 saturated heterocycles. The van der Waals surface area contributed by atoms with Crippen LogP contribution >= 0.6 is 11.6 Å². The minimum atomic E-state index is 0.345. The van der Waals surface area contributed by atoms with E-state index in [1.54, 1.807) is 0 Å². The number of carbonyl (C=O) groups excluding carboxylic acids is 1. The lowest BCUT2D eigenvalue weighted by Gasteiger charge is -2.54. The minimum absolute atomic E-state index is 0.345. The van der Waals surface area contributed by atoms with E-state index in [1.807, 2.05) is 13.0 Å². The molecule has 4 rings (SSSR count). The predicted octanol–water partition coefficient (Wildman–Crippen LogP) is 2.28. The maximum atomic E-state index is 12.1. The highest BCUT2D eigenvalue weighted by Crippen LogP contribution is 2.43. The highest BCUT2D eigenvalue weighted by Gasteiger charge is 2.47. The summed E-state index contributed by atoms with van der Waals surface area (Å²) in [4.78, 5) is 25.1. The molecule has 2 aliphatic heterocycles. The van der Waals surface area contributed by atoms with Crippen molar-refractivity contribution in [2.75, 3.05) is 31.1 Å². The maximum Gasteiger partial charge on any atom is 0.225 e. The largest absolute Gasteiger partial charge is 0.355 e. The van der Waals surface area contributed by atoms with Crippen LogP contribution < -0.4 is 4.90 Å². The van der Waals surface area contributed by atoms with E-state index in [1.165, 1.54) is 0 Å². The number of carbonyl (C=O) groups is 1. The van der Waals surface area contributed by atoms with Gasteiger partial charge in [0.2, 0.25) is 5.91 Å². The van der Waals surface area contributed by atoms with Gasteiger partial charge in [0.25, 0.3) is 0 Å². The number of hydrogen-bond acceptors (Lipinski definition) is 4. The summed E-state index contributed by atoms with van der Waals surface area (Å²) in [5, 5.41) is 0.508. The molecule has 3 heterocycles. The Morgan fingerprint density at radius 2 is 1.95 bits per heavy atom. The normalized spacial score (nSPS) is 23.5. The monoisotopic (exact) mass is 320 g/mol. The molecular formula is C16H21ClN4O. The van der Waals surface area contributed by atoms with Crippen LogP contribution in [0.4, 0.5) is 5.82 Å². The van der Waals surface area contributed by atoms with Crippen LogP contribution in [0.3, 0.4) is 0 Å². The summed E-state index contributed by atoms with van der Waals surface area (Å²) in [6, 6.07) is 1.84. The Hall–Kier alpha value is -1.36. The Kier molecular flexibility index (Phi) is 3.29. The van der Waals surface area contributed by atoms with Crippen molar-refractivity contribution >= 4 is 23.3 Å². The second-order valence-electron chi connectivity index (χ2n) is 7.05. The first-order chi connectivity index (χ1) is 10.5. The maximum absolute atomic E-state index is 12.1. The van der Waals surface area contributed by atoms with E-state index in [9.17, 15) is 4.79 Å². The van der Waals surface area contributed by atoms with E-state index >= 15 is 0 Å². The lowest BCUT2D eigenvalue weighted by molar-refractivity contribution is -0.135. The lowest BCUT2D eigenvalue weighted by Crippen LogP contribution is -2.61. The van der Waals surface area contributed by atoms with Crippen LogP contribution in [-0.4, -0.2) is 47.0 Å². The highest BCUT2D eigenvalue weighted by atomic mass is 35.5. The number of nitrogens with zero attached hydrogens (tertiary/aromatic N) is 4. The van der Waals surface area contributed by atoms with E-state index in [0.717, 1.165) is 57.7 Å². The zero-order valence-electron chi connectivity index (χ0n) is 12.9. The number of rotatable bonds is 2. The fourth-order valence-electron chi connectivity index (χ4n) is 3.71. The third-order valence-corrected chi connectivity index (χ3v) is 5.43. The third kappa shape index (κ3) is 2.56. The molecule has 118 valence electrons. The number of halogens is 1. The van der Waals surface area contributed by atoms with Crippen molar-refractivity contribution in [2.45, 2.75) is 32.6 Å². The van der Waals surface area contributed by atoms with Crippen LogP contribution in [0.2, 0.25) is 5.15 Å². The SMILES string of the molecule is Cc1nc(Cl)cc(N2CC3(CCN(C(=O)C4CC4)CC3)C2)n1. The van der Waals surface area contributed by atoms with Gasteiger partial charge in [-0.05, 0) is 32.6 Å². The summed E-state index contributed by atoms with van der Waals surface area (Å²) in [6.07, 6.45) is 4.42. The molecule has 1 spiro atoms. The Labute approximate surface area is 135 Å². The molecule has 0 radical (unpaired) electrons. The lowest BCUT2D eigenvalue weighted by atomic mass is 9.72. The Morgan fingerprint density at radius 3 is 2.55 bits per heavy atom. The van der Waals surface area contributed by atoms with Crippen molar-refractivity contribution in [3.8, 4) is 0 Å². The van der Waals surface area contributed by atoms with Crippen LogP contribution in [0, 0.1) is 18.3 Å². The summed E-state index contributed by atoms with van der Waals surface area (Å²) in [6.45, 7) is 5.75. The number of likely N-dealkylation sites (tertiary alicyclic amines) is 1. The molecule has 3 aliphatic rings. The number of amides is 1. The van der Waals surface area contributed by atoms with Gasteiger partial charge >= 0.3 is 0 Å². The summed E-state index contributed by atoms with van der Waals surface area (Å²) < 4.78 is 0. The molecule has 0 atom stereocenters. The van der Waals surface area contributed by atoms with Gasteiger partial charge in [-0.3, -0.25) is 4.79 Å². The fraction of sp³-hybridized carbons (Fsp3) is 0.688. The molecule has 0 unspecified atom stereocenters. The Morgan fingerprint density at radius 1 is 1.27 bits per heavy atom. The van der Waals surface area contributed by atoms with Crippen LogP contribution in [0.25, 0.3) is 0 Å². The third-order valence-electron chi connectivity index (χ3n) is 5.23. The van der Waals surface area contributed by atoms with Crippen molar-refractivity contribution in [3.05, 3.63) is 17.0 Å². The molecule has 1 aromatic rings. The number of aryl methyl sites for hydroxylation is 1. The van der Waals surface area contributed by atoms with Crippen LogP contribution in [-0.2, 0) is 4.79 Å². The molecule has 1 aromatic heterocycles. The molecule has 0 N–H and O–H groups in total. The summed E-state index contributed by atoms with van der Waals surface area (Å²) in [7, 11) is 0. The highest BCUT2D eigenvalue weighted by molar-refractivity contribution is 6.29. The quantitative estimate of drug-likeness (QED) is 0.784. The number of aromatic nitrogens is 2. The molecule has 22 heavy (non-hydrogen) atoms. The zero-order valence-corrected chi connectivity index (χ0v) is 13.6. The van der Waals surface area contributed by atoms with Crippen molar-refractivity contribution in [2.24, 2.45) is 11.3 Å². The minimum Gasteiger partial charge on any atom is -0.355 e. The van der Waals surface area contributed by atoms with Crippen molar-refractivity contribution < 1.29 is 4.79 Å². The van der Waals surface area contributed by atoms with Gasteiger partial charge < -0.3 is 9.80 Å².